The Morgan fingerprint density at radius 1 is 1.40 bits per heavy atom. The summed E-state index contributed by atoms with van der Waals surface area (Å²) in [5, 5.41) is 2.47. The van der Waals surface area contributed by atoms with Crippen LogP contribution in [0.5, 0.6) is 0 Å². The molecular weight excluding hydrogens is 260 g/mol. The van der Waals surface area contributed by atoms with Crippen LogP contribution in [0, 0.1) is 0 Å². The molecule has 0 saturated carbocycles. The van der Waals surface area contributed by atoms with Crippen LogP contribution in [-0.2, 0) is 16.1 Å². The lowest BCUT2D eigenvalue weighted by atomic mass is 10.3. The molecule has 0 atom stereocenters. The summed E-state index contributed by atoms with van der Waals surface area (Å²) in [7, 11) is 1.51. The van der Waals surface area contributed by atoms with Gasteiger partial charge in [0, 0.05) is 31.5 Å². The molecule has 0 spiro atoms. The number of rotatable bonds is 6. The van der Waals surface area contributed by atoms with Gasteiger partial charge < -0.3 is 20.5 Å². The number of nitrogens with one attached hydrogen (secondary N) is 1. The first-order valence-corrected chi connectivity index (χ1v) is 6.42. The van der Waals surface area contributed by atoms with Crippen LogP contribution in [0.15, 0.2) is 23.1 Å². The van der Waals surface area contributed by atoms with E-state index in [1.54, 1.807) is 0 Å². The Hall–Kier alpha value is -2.31. The van der Waals surface area contributed by atoms with Crippen molar-refractivity contribution >= 4 is 17.5 Å². The van der Waals surface area contributed by atoms with E-state index in [-0.39, 0.29) is 30.5 Å². The molecule has 0 fully saturated rings. The lowest BCUT2D eigenvalue weighted by Crippen LogP contribution is -2.42. The van der Waals surface area contributed by atoms with E-state index >= 15 is 0 Å². The van der Waals surface area contributed by atoms with Crippen LogP contribution in [0.25, 0.3) is 0 Å². The Morgan fingerprint density at radius 2 is 2.10 bits per heavy atom. The first kappa shape index (κ1) is 15.7. The normalized spacial score (nSPS) is 10.1. The number of likely N-dealkylation sites (N-methyl/N-ethyl adjacent to an activating group) is 1. The smallest absolute Gasteiger partial charge is 0.251 e. The van der Waals surface area contributed by atoms with Gasteiger partial charge in [-0.3, -0.25) is 14.4 Å². The average Bonchev–Trinajstić information content (AvgIpc) is 2.42. The van der Waals surface area contributed by atoms with Crippen molar-refractivity contribution in [2.75, 3.05) is 25.9 Å². The zero-order valence-corrected chi connectivity index (χ0v) is 11.8. The maximum atomic E-state index is 12.2. The Morgan fingerprint density at radius 3 is 2.70 bits per heavy atom. The molecule has 0 aliphatic rings. The van der Waals surface area contributed by atoms with Gasteiger partial charge in [-0.15, -0.1) is 0 Å². The van der Waals surface area contributed by atoms with Crippen molar-refractivity contribution in [1.82, 2.24) is 14.8 Å². The number of nitrogens with two attached hydrogens (primary N) is 1. The van der Waals surface area contributed by atoms with Crippen molar-refractivity contribution in [2.24, 2.45) is 0 Å². The fourth-order valence-electron chi connectivity index (χ4n) is 1.73. The van der Waals surface area contributed by atoms with E-state index in [2.05, 4.69) is 5.32 Å². The molecule has 20 heavy (non-hydrogen) atoms. The van der Waals surface area contributed by atoms with Gasteiger partial charge in [0.2, 0.25) is 11.8 Å². The molecule has 3 N–H and O–H groups in total. The monoisotopic (exact) mass is 280 g/mol. The first-order valence-electron chi connectivity index (χ1n) is 6.42. The number of hydrogen-bond acceptors (Lipinski definition) is 4. The Kier molecular flexibility index (Phi) is 5.76. The van der Waals surface area contributed by atoms with E-state index in [4.69, 9.17) is 5.73 Å². The summed E-state index contributed by atoms with van der Waals surface area (Å²) < 4.78 is 1.24. The van der Waals surface area contributed by atoms with Gasteiger partial charge in [0.15, 0.2) is 0 Å². The number of anilines is 1. The van der Waals surface area contributed by atoms with Gasteiger partial charge >= 0.3 is 0 Å². The average molecular weight is 280 g/mol. The maximum absolute atomic E-state index is 12.2. The highest BCUT2D eigenvalue weighted by Crippen LogP contribution is 1.99. The number of hydrogen-bond donors (Lipinski definition) is 2. The van der Waals surface area contributed by atoms with Gasteiger partial charge in [0.05, 0.1) is 6.54 Å². The second-order valence-electron chi connectivity index (χ2n) is 4.42. The summed E-state index contributed by atoms with van der Waals surface area (Å²) >= 11 is 0. The minimum atomic E-state index is -0.302. The maximum Gasteiger partial charge on any atom is 0.251 e. The molecule has 7 nitrogen and oxygen atoms in total. The Balaban J connectivity index is 2.82. The van der Waals surface area contributed by atoms with Crippen molar-refractivity contribution in [3.8, 4) is 0 Å². The van der Waals surface area contributed by atoms with Crippen LogP contribution in [-0.4, -0.2) is 41.4 Å². The summed E-state index contributed by atoms with van der Waals surface area (Å²) in [6.45, 7) is 2.24. The molecule has 1 aromatic heterocycles. The Labute approximate surface area is 117 Å². The summed E-state index contributed by atoms with van der Waals surface area (Å²) in [5.74, 6) is -0.533. The van der Waals surface area contributed by atoms with Crippen molar-refractivity contribution in [3.63, 3.8) is 0 Å². The third-order valence-electron chi connectivity index (χ3n) is 2.77. The topological polar surface area (TPSA) is 97.4 Å². The quantitative estimate of drug-likeness (QED) is 0.728. The third kappa shape index (κ3) is 4.42. The largest absolute Gasteiger partial charge is 0.398 e. The molecule has 0 unspecified atom stereocenters. The van der Waals surface area contributed by atoms with Gasteiger partial charge in [-0.2, -0.15) is 0 Å². The summed E-state index contributed by atoms with van der Waals surface area (Å²) in [5.41, 5.74) is 5.70. The molecule has 1 heterocycles. The molecule has 110 valence electrons. The number of nitrogen functional groups attached to an aromatic ring is 1. The standard InChI is InChI=1S/C13H20N4O3/c1-3-6-16(8-11(18)15-2)13(20)9-17-7-10(14)4-5-12(17)19/h4-5,7H,3,6,8-9,14H2,1-2H3,(H,15,18). The fourth-order valence-corrected chi connectivity index (χ4v) is 1.73. The number of nitrogens with zero attached hydrogens (tertiary/aromatic N) is 2. The highest BCUT2D eigenvalue weighted by atomic mass is 16.2. The molecule has 0 aliphatic heterocycles. The number of pyridine rings is 1. The van der Waals surface area contributed by atoms with E-state index in [9.17, 15) is 14.4 Å². The third-order valence-corrected chi connectivity index (χ3v) is 2.77. The van der Waals surface area contributed by atoms with Gasteiger partial charge in [0.25, 0.3) is 5.56 Å². The SMILES string of the molecule is CCCN(CC(=O)NC)C(=O)Cn1cc(N)ccc1=O. The van der Waals surface area contributed by atoms with Crippen LogP contribution in [0.3, 0.4) is 0 Å². The molecular formula is C13H20N4O3. The molecule has 1 aromatic rings. The predicted molar refractivity (Wildman–Crippen MR) is 76.1 cm³/mol. The van der Waals surface area contributed by atoms with Crippen LogP contribution in [0.2, 0.25) is 0 Å². The number of carbonyl (C=O) groups is 2. The molecule has 1 rings (SSSR count). The minimum absolute atomic E-state index is 0.0137. The number of amides is 2. The van der Waals surface area contributed by atoms with Gasteiger partial charge in [0.1, 0.15) is 6.54 Å². The van der Waals surface area contributed by atoms with Crippen LogP contribution in [0.1, 0.15) is 13.3 Å². The summed E-state index contributed by atoms with van der Waals surface area (Å²) in [6, 6.07) is 2.79. The lowest BCUT2D eigenvalue weighted by molar-refractivity contribution is -0.136. The second-order valence-corrected chi connectivity index (χ2v) is 4.42. The molecule has 2 amide bonds. The van der Waals surface area contributed by atoms with Crippen LogP contribution >= 0.6 is 0 Å². The zero-order valence-electron chi connectivity index (χ0n) is 11.8. The van der Waals surface area contributed by atoms with Gasteiger partial charge in [-0.25, -0.2) is 0 Å². The van der Waals surface area contributed by atoms with Crippen LogP contribution in [0.4, 0.5) is 5.69 Å². The Bertz CT molecular complexity index is 539. The molecule has 0 bridgehead atoms. The molecule has 0 radical (unpaired) electrons. The fraction of sp³-hybridized carbons (Fsp3) is 0.462. The van der Waals surface area contributed by atoms with E-state index in [0.717, 1.165) is 6.42 Å². The van der Waals surface area contributed by atoms with Crippen molar-refractivity contribution in [1.29, 1.82) is 0 Å². The van der Waals surface area contributed by atoms with E-state index in [1.165, 1.54) is 34.8 Å². The van der Waals surface area contributed by atoms with E-state index in [1.807, 2.05) is 6.92 Å². The number of carbonyl (C=O) groups excluding carboxylic acids is 2. The lowest BCUT2D eigenvalue weighted by Gasteiger charge is -2.21. The summed E-state index contributed by atoms with van der Waals surface area (Å²) in [6.07, 6.45) is 2.15. The minimum Gasteiger partial charge on any atom is -0.398 e. The van der Waals surface area contributed by atoms with Gasteiger partial charge in [-0.05, 0) is 12.5 Å². The highest BCUT2D eigenvalue weighted by molar-refractivity contribution is 5.84. The second kappa shape index (κ2) is 7.32. The molecule has 0 aliphatic carbocycles. The first-order chi connectivity index (χ1) is 9.47. The summed E-state index contributed by atoms with van der Waals surface area (Å²) in [4.78, 5) is 36.6. The molecule has 7 heteroatoms. The van der Waals surface area contributed by atoms with E-state index in [0.29, 0.717) is 12.2 Å². The molecule has 0 saturated heterocycles. The van der Waals surface area contributed by atoms with Crippen molar-refractivity contribution in [3.05, 3.63) is 28.7 Å². The van der Waals surface area contributed by atoms with E-state index < -0.39 is 0 Å². The van der Waals surface area contributed by atoms with Gasteiger partial charge in [-0.1, -0.05) is 6.92 Å². The molecule has 0 aromatic carbocycles. The van der Waals surface area contributed by atoms with Crippen molar-refractivity contribution < 1.29 is 9.59 Å². The van der Waals surface area contributed by atoms with Crippen molar-refractivity contribution in [2.45, 2.75) is 19.9 Å². The predicted octanol–water partition coefficient (Wildman–Crippen LogP) is -0.585. The van der Waals surface area contributed by atoms with Crippen LogP contribution < -0.4 is 16.6 Å². The highest BCUT2D eigenvalue weighted by Gasteiger charge is 2.16. The zero-order chi connectivity index (χ0) is 15.1. The number of aromatic nitrogens is 1.